The number of hydrogen-bond donors (Lipinski definition) is 2. The van der Waals surface area contributed by atoms with Crippen molar-refractivity contribution in [2.24, 2.45) is 0 Å². The molecule has 2 amide bonds. The molecule has 0 fully saturated rings. The number of carbonyl (C=O) groups excluding carboxylic acids is 2. The van der Waals surface area contributed by atoms with Crippen LogP contribution in [0.2, 0.25) is 0 Å². The number of carbonyl (C=O) groups is 2. The van der Waals surface area contributed by atoms with Gasteiger partial charge in [-0.3, -0.25) is 9.59 Å². The number of para-hydroxylation sites is 2. The Morgan fingerprint density at radius 3 is 1.33 bits per heavy atom. The molecule has 0 aliphatic heterocycles. The third-order valence-electron chi connectivity index (χ3n) is 5.92. The molecular weight excluding hydrogens is 444 g/mol. The first-order valence-corrected chi connectivity index (χ1v) is 11.7. The third kappa shape index (κ3) is 5.24. The fourth-order valence-electron chi connectivity index (χ4n) is 4.17. The van der Waals surface area contributed by atoms with Gasteiger partial charge in [-0.15, -0.1) is 0 Å². The molecule has 4 nitrogen and oxygen atoms in total. The van der Waals surface area contributed by atoms with E-state index in [1.807, 2.05) is 97.1 Å². The molecule has 5 rings (SSSR count). The zero-order chi connectivity index (χ0) is 24.7. The molecule has 0 aromatic heterocycles. The standard InChI is InChI=1S/C32H24N2O2/c35-31(21-19-25-13-7-11-23-9-1-3-15-27(23)25)33-29-17-5-6-18-30(29)34-32(36)22-20-26-14-8-12-24-10-2-4-16-28(24)26/h1-22H,(H,33,35)(H,34,36)/b21-19+,22-20+. The van der Waals surface area contributed by atoms with Crippen LogP contribution in [0.15, 0.2) is 121 Å². The lowest BCUT2D eigenvalue weighted by atomic mass is 10.0. The molecule has 0 atom stereocenters. The fraction of sp³-hybridized carbons (Fsp3) is 0. The van der Waals surface area contributed by atoms with Crippen molar-refractivity contribution in [1.29, 1.82) is 0 Å². The van der Waals surface area contributed by atoms with E-state index in [9.17, 15) is 9.59 Å². The smallest absolute Gasteiger partial charge is 0.248 e. The molecular formula is C32H24N2O2. The van der Waals surface area contributed by atoms with Gasteiger partial charge in [-0.1, -0.05) is 97.1 Å². The van der Waals surface area contributed by atoms with Gasteiger partial charge in [0.2, 0.25) is 11.8 Å². The Bertz CT molecular complexity index is 1500. The molecule has 2 N–H and O–H groups in total. The summed E-state index contributed by atoms with van der Waals surface area (Å²) in [5, 5.41) is 10.1. The van der Waals surface area contributed by atoms with Crippen LogP contribution in [0.3, 0.4) is 0 Å². The van der Waals surface area contributed by atoms with Crippen LogP contribution in [0.1, 0.15) is 11.1 Å². The Morgan fingerprint density at radius 2 is 0.861 bits per heavy atom. The number of nitrogens with one attached hydrogen (secondary N) is 2. The zero-order valence-electron chi connectivity index (χ0n) is 19.5. The largest absolute Gasteiger partial charge is 0.321 e. The van der Waals surface area contributed by atoms with E-state index in [0.717, 1.165) is 32.7 Å². The van der Waals surface area contributed by atoms with E-state index in [-0.39, 0.29) is 11.8 Å². The van der Waals surface area contributed by atoms with Crippen LogP contribution in [-0.2, 0) is 9.59 Å². The summed E-state index contributed by atoms with van der Waals surface area (Å²) >= 11 is 0. The summed E-state index contributed by atoms with van der Waals surface area (Å²) in [7, 11) is 0. The number of rotatable bonds is 6. The first-order valence-electron chi connectivity index (χ1n) is 11.7. The second-order valence-electron chi connectivity index (χ2n) is 8.33. The summed E-state index contributed by atoms with van der Waals surface area (Å²) < 4.78 is 0. The van der Waals surface area contributed by atoms with Gasteiger partial charge in [-0.05, 0) is 57.0 Å². The first-order chi connectivity index (χ1) is 17.7. The number of fused-ring (bicyclic) bond motifs is 2. The Kier molecular flexibility index (Phi) is 6.68. The predicted molar refractivity (Wildman–Crippen MR) is 150 cm³/mol. The molecule has 0 bridgehead atoms. The van der Waals surface area contributed by atoms with Crippen LogP contribution in [0.25, 0.3) is 33.7 Å². The highest BCUT2D eigenvalue weighted by Crippen LogP contribution is 2.23. The zero-order valence-corrected chi connectivity index (χ0v) is 19.5. The second-order valence-corrected chi connectivity index (χ2v) is 8.33. The highest BCUT2D eigenvalue weighted by Gasteiger charge is 2.07. The number of benzene rings is 5. The van der Waals surface area contributed by atoms with Gasteiger partial charge in [0.05, 0.1) is 11.4 Å². The van der Waals surface area contributed by atoms with Gasteiger partial charge in [0, 0.05) is 12.2 Å². The van der Waals surface area contributed by atoms with Gasteiger partial charge >= 0.3 is 0 Å². The highest BCUT2D eigenvalue weighted by atomic mass is 16.2. The van der Waals surface area contributed by atoms with Gasteiger partial charge in [-0.2, -0.15) is 0 Å². The molecule has 5 aromatic carbocycles. The maximum absolute atomic E-state index is 12.7. The molecule has 4 heteroatoms. The van der Waals surface area contributed by atoms with E-state index in [4.69, 9.17) is 0 Å². The van der Waals surface area contributed by atoms with E-state index >= 15 is 0 Å². The van der Waals surface area contributed by atoms with Gasteiger partial charge < -0.3 is 10.6 Å². The summed E-state index contributed by atoms with van der Waals surface area (Å²) in [4.78, 5) is 25.3. The lowest BCUT2D eigenvalue weighted by Crippen LogP contribution is -2.13. The molecule has 0 aliphatic carbocycles. The average Bonchev–Trinajstić information content (AvgIpc) is 2.92. The first kappa shape index (κ1) is 22.8. The van der Waals surface area contributed by atoms with Crippen molar-refractivity contribution in [2.75, 3.05) is 10.6 Å². The fourth-order valence-corrected chi connectivity index (χ4v) is 4.17. The molecule has 5 aromatic rings. The Balaban J connectivity index is 1.28. The van der Waals surface area contributed by atoms with Crippen LogP contribution >= 0.6 is 0 Å². The van der Waals surface area contributed by atoms with E-state index in [1.165, 1.54) is 12.2 Å². The van der Waals surface area contributed by atoms with E-state index < -0.39 is 0 Å². The third-order valence-corrected chi connectivity index (χ3v) is 5.92. The van der Waals surface area contributed by atoms with Crippen LogP contribution < -0.4 is 10.6 Å². The Hall–Kier alpha value is -4.96. The molecule has 0 saturated carbocycles. The van der Waals surface area contributed by atoms with Crippen LogP contribution in [0.4, 0.5) is 11.4 Å². The number of hydrogen-bond acceptors (Lipinski definition) is 2. The van der Waals surface area contributed by atoms with Crippen molar-refractivity contribution in [3.63, 3.8) is 0 Å². The number of amides is 2. The summed E-state index contributed by atoms with van der Waals surface area (Å²) in [5.74, 6) is -0.563. The molecule has 0 radical (unpaired) electrons. The Labute approximate surface area is 209 Å². The lowest BCUT2D eigenvalue weighted by Gasteiger charge is -2.10. The minimum absolute atomic E-state index is 0.282. The average molecular weight is 469 g/mol. The minimum Gasteiger partial charge on any atom is -0.321 e. The molecule has 174 valence electrons. The van der Waals surface area contributed by atoms with Crippen molar-refractivity contribution >= 4 is 56.9 Å². The van der Waals surface area contributed by atoms with Gasteiger partial charge in [-0.25, -0.2) is 0 Å². The van der Waals surface area contributed by atoms with Crippen molar-refractivity contribution in [3.8, 4) is 0 Å². The summed E-state index contributed by atoms with van der Waals surface area (Å²) in [5.41, 5.74) is 2.97. The molecule has 0 aliphatic rings. The van der Waals surface area contributed by atoms with Crippen molar-refractivity contribution in [2.45, 2.75) is 0 Å². The van der Waals surface area contributed by atoms with Crippen LogP contribution in [0, 0.1) is 0 Å². The lowest BCUT2D eigenvalue weighted by molar-refractivity contribution is -0.112. The molecule has 0 spiro atoms. The summed E-state index contributed by atoms with van der Waals surface area (Å²) in [6.07, 6.45) is 6.60. The van der Waals surface area contributed by atoms with Crippen LogP contribution in [0.5, 0.6) is 0 Å². The summed E-state index contributed by atoms with van der Waals surface area (Å²) in [6.45, 7) is 0. The quantitative estimate of drug-likeness (QED) is 0.257. The molecule has 0 unspecified atom stereocenters. The maximum Gasteiger partial charge on any atom is 0.248 e. The van der Waals surface area contributed by atoms with Crippen molar-refractivity contribution < 1.29 is 9.59 Å². The normalized spacial score (nSPS) is 11.3. The van der Waals surface area contributed by atoms with Crippen molar-refractivity contribution in [3.05, 3.63) is 132 Å². The second kappa shape index (κ2) is 10.5. The number of anilines is 2. The monoisotopic (exact) mass is 468 g/mol. The molecule has 0 heterocycles. The maximum atomic E-state index is 12.7. The molecule has 0 saturated heterocycles. The summed E-state index contributed by atoms with van der Waals surface area (Å²) in [6, 6.07) is 35.2. The van der Waals surface area contributed by atoms with Gasteiger partial charge in [0.1, 0.15) is 0 Å². The highest BCUT2D eigenvalue weighted by molar-refractivity contribution is 6.09. The predicted octanol–water partition coefficient (Wildman–Crippen LogP) is 7.30. The SMILES string of the molecule is O=C(/C=C/c1cccc2ccccc12)Nc1ccccc1NC(=O)/C=C/c1cccc2ccccc12. The van der Waals surface area contributed by atoms with Crippen LogP contribution in [-0.4, -0.2) is 11.8 Å². The molecule has 36 heavy (non-hydrogen) atoms. The van der Waals surface area contributed by atoms with E-state index in [1.54, 1.807) is 24.3 Å². The van der Waals surface area contributed by atoms with E-state index in [2.05, 4.69) is 10.6 Å². The Morgan fingerprint density at radius 1 is 0.472 bits per heavy atom. The van der Waals surface area contributed by atoms with Gasteiger partial charge in [0.25, 0.3) is 0 Å². The van der Waals surface area contributed by atoms with E-state index in [0.29, 0.717) is 11.4 Å². The minimum atomic E-state index is -0.282. The topological polar surface area (TPSA) is 58.2 Å². The van der Waals surface area contributed by atoms with Crippen molar-refractivity contribution in [1.82, 2.24) is 0 Å². The van der Waals surface area contributed by atoms with Gasteiger partial charge in [0.15, 0.2) is 0 Å².